The molecule has 0 spiro atoms. The first-order chi connectivity index (χ1) is 62.8. The Hall–Kier alpha value is -11.0. The van der Waals surface area contributed by atoms with Gasteiger partial charge in [-0.3, -0.25) is 0 Å². The first-order valence-electron chi connectivity index (χ1n) is 42.4. The second-order valence-electron chi connectivity index (χ2n) is 30.6. The van der Waals surface area contributed by atoms with Crippen molar-refractivity contribution in [2.75, 3.05) is 0 Å². The van der Waals surface area contributed by atoms with Crippen LogP contribution in [0.25, 0.3) is 135 Å². The minimum atomic E-state index is 0. The predicted molar refractivity (Wildman–Crippen MR) is 527 cm³/mol. The molecule has 0 bridgehead atoms. The number of pyridine rings is 8. The Morgan fingerprint density at radius 1 is 0.221 bits per heavy atom. The normalized spacial score (nSPS) is 9.70. The molecule has 0 amide bonds. The fraction of sp³-hybridized carbons (Fsp3) is 0.0667. The number of benzene rings is 12. The van der Waals surface area contributed by atoms with Gasteiger partial charge in [0.05, 0.1) is 0 Å². The summed E-state index contributed by atoms with van der Waals surface area (Å²) in [5.74, 6) is 0. The second kappa shape index (κ2) is 62.7. The number of aryl methyl sites for hydroxylation is 4. The molecular weight excluding hydrogens is 3090 g/mol. The van der Waals surface area contributed by atoms with E-state index in [1.807, 2.05) is 328 Å². The molecule has 20 rings (SSSR count). The summed E-state index contributed by atoms with van der Waals surface area (Å²) in [5.41, 5.74) is 31.9. The van der Waals surface area contributed by atoms with Gasteiger partial charge in [-0.05, 0) is 127 Å². The Morgan fingerprint density at radius 3 is 1.11 bits per heavy atom. The largest absolute Gasteiger partial charge is 0.305 e. The van der Waals surface area contributed by atoms with Crippen molar-refractivity contribution in [3.05, 3.63) is 532 Å². The molecule has 8 nitrogen and oxygen atoms in total. The molecule has 0 saturated heterocycles. The molecule has 0 saturated carbocycles. The van der Waals surface area contributed by atoms with E-state index in [9.17, 15) is 0 Å². The van der Waals surface area contributed by atoms with Crippen LogP contribution in [-0.4, -0.2) is 39.9 Å². The summed E-state index contributed by atoms with van der Waals surface area (Å²) in [6, 6.07) is 161. The Kier molecular flexibility index (Phi) is 53.3. The summed E-state index contributed by atoms with van der Waals surface area (Å²) in [6.45, 7) is 14.9. The molecule has 0 aliphatic heterocycles. The molecule has 0 N–H and O–H groups in total. The SMILES string of the molecule is CC(C)(C)c1cc[c-]c(-c2ccccn2)c1.Cc1[c-]c(-c2ccccn2)cc(C)c1.Cc1c[c-]c(-c2ccccn2)cc1.Cc1ccc[c-]c1-c1ccccn1.[Ir].[Ir].[Ir].[Ir].[Ir].[Ir].[Ir].[Ir].[c-]1cccc(-c2ccccc2)c1-c1ccccn1.[c-]1ccccc1-c1cc(-c2ccccc2)ccn1.[c-]1ccccc1-c1ccc(-c2ccccc2)cn1.[c-]1ccccc1-c1ncccc1-c1ccccc1. The Bertz CT molecular complexity index is 6280. The number of nitrogens with zero attached hydrogens (tertiary/aromatic N) is 8. The van der Waals surface area contributed by atoms with E-state index in [0.717, 1.165) is 112 Å². The number of aromatic nitrogens is 8. The van der Waals surface area contributed by atoms with Crippen molar-refractivity contribution in [3.8, 4) is 135 Å². The van der Waals surface area contributed by atoms with Crippen LogP contribution in [0.1, 0.15) is 48.6 Å². The molecule has 0 aliphatic rings. The number of hydrogen-bond donors (Lipinski definition) is 0. The fourth-order valence-corrected chi connectivity index (χ4v) is 13.5. The summed E-state index contributed by atoms with van der Waals surface area (Å²) < 4.78 is 0. The molecule has 12 aromatic carbocycles. The van der Waals surface area contributed by atoms with E-state index >= 15 is 0 Å². The van der Waals surface area contributed by atoms with Crippen LogP contribution in [0, 0.1) is 76.2 Å². The molecule has 16 heteroatoms. The summed E-state index contributed by atoms with van der Waals surface area (Å²) in [7, 11) is 0. The minimum Gasteiger partial charge on any atom is -0.305 e. The van der Waals surface area contributed by atoms with Crippen LogP contribution in [0.3, 0.4) is 0 Å². The van der Waals surface area contributed by atoms with Crippen molar-refractivity contribution >= 4 is 0 Å². The third-order valence-corrected chi connectivity index (χ3v) is 20.0. The molecule has 696 valence electrons. The zero-order valence-electron chi connectivity index (χ0n) is 75.5. The van der Waals surface area contributed by atoms with Crippen LogP contribution >= 0.6 is 0 Å². The van der Waals surface area contributed by atoms with Gasteiger partial charge in [-0.25, -0.2) is 0 Å². The fourth-order valence-electron chi connectivity index (χ4n) is 13.5. The molecule has 20 aromatic rings. The standard InChI is InChI=1S/4C17H12N.C15H16N.C13H12N.2C12H10N.8Ir/c1-3-8-14(9-4-1)16-12-7-13-18-17(16)15-10-5-2-6-11-15;1-3-7-14(8-4-1)16-11-12-18-17(13-16)15-9-5-2-6-10-15;1-3-7-14(8-4-1)16-11-12-17(18-13-16)15-9-5-2-6-10-15;1-2-8-14(9-3-1)15-10-4-5-11-16(15)17-12-6-7-13-18-17;1-15(2,3)13-8-6-7-12(11-13)14-9-4-5-10-16-14;1-10-7-11(2)9-12(8-10)13-5-3-4-6-14-13;1-10-6-2-3-7-11(10)12-8-4-5-9-13-12;1-10-5-7-11(8-6-10)12-4-2-3-9-13-12;;;;;;;;/h1-10,12-13H;2*1-9,11-13H;1-10,12-13H;4-6,8-11H,1-3H3;3-8H,1-2H3;2-6,8-9H,1H3;2-7,9H,1H3;;;;;;;;/q8*-1;;;;;;;;. The van der Waals surface area contributed by atoms with Gasteiger partial charge in [-0.1, -0.05) is 266 Å². The maximum absolute atomic E-state index is 4.49. The molecule has 8 heterocycles. The predicted octanol–water partition coefficient (Wildman–Crippen LogP) is 29.6. The quantitative estimate of drug-likeness (QED) is 0.111. The van der Waals surface area contributed by atoms with Crippen LogP contribution in [0.2, 0.25) is 0 Å². The van der Waals surface area contributed by atoms with Crippen LogP contribution in [-0.2, 0) is 166 Å². The maximum atomic E-state index is 4.49. The van der Waals surface area contributed by atoms with Crippen molar-refractivity contribution in [2.24, 2.45) is 0 Å². The average Bonchev–Trinajstić information content (AvgIpc) is 0.814. The van der Waals surface area contributed by atoms with E-state index in [1.54, 1.807) is 18.6 Å². The van der Waals surface area contributed by atoms with Crippen molar-refractivity contribution < 1.29 is 161 Å². The molecular formula is C120H96Ir8N8-8. The van der Waals surface area contributed by atoms with Crippen molar-refractivity contribution in [2.45, 2.75) is 53.9 Å². The zero-order chi connectivity index (χ0) is 88.6. The van der Waals surface area contributed by atoms with Crippen LogP contribution in [0.4, 0.5) is 0 Å². The van der Waals surface area contributed by atoms with Gasteiger partial charge in [0.2, 0.25) is 0 Å². The average molecular weight is 3190 g/mol. The zero-order valence-corrected chi connectivity index (χ0v) is 94.7. The van der Waals surface area contributed by atoms with E-state index in [-0.39, 0.29) is 166 Å². The first kappa shape index (κ1) is 116. The number of hydrogen-bond acceptors (Lipinski definition) is 8. The van der Waals surface area contributed by atoms with Gasteiger partial charge in [0.1, 0.15) is 0 Å². The molecule has 8 aromatic heterocycles. The maximum Gasteiger partial charge on any atom is 0.0239 e. The van der Waals surface area contributed by atoms with Gasteiger partial charge >= 0.3 is 0 Å². The molecule has 0 atom stereocenters. The van der Waals surface area contributed by atoms with E-state index < -0.39 is 0 Å². The monoisotopic (exact) mass is 3190 g/mol. The third-order valence-electron chi connectivity index (χ3n) is 20.0. The third kappa shape index (κ3) is 36.5. The molecule has 0 unspecified atom stereocenters. The topological polar surface area (TPSA) is 103 Å². The molecule has 136 heavy (non-hydrogen) atoms. The first-order valence-corrected chi connectivity index (χ1v) is 42.4. The molecule has 0 aliphatic carbocycles. The van der Waals surface area contributed by atoms with E-state index in [2.05, 4.69) is 246 Å². The van der Waals surface area contributed by atoms with E-state index in [1.165, 1.54) is 50.1 Å². The van der Waals surface area contributed by atoms with Crippen LogP contribution in [0.15, 0.2) is 456 Å². The Labute approximate surface area is 911 Å². The van der Waals surface area contributed by atoms with Gasteiger partial charge in [-0.15, -0.1) is 279 Å². The van der Waals surface area contributed by atoms with Gasteiger partial charge in [0.25, 0.3) is 0 Å². The van der Waals surface area contributed by atoms with Gasteiger partial charge < -0.3 is 39.9 Å². The van der Waals surface area contributed by atoms with Gasteiger partial charge in [-0.2, -0.15) is 0 Å². The van der Waals surface area contributed by atoms with Crippen LogP contribution < -0.4 is 0 Å². The van der Waals surface area contributed by atoms with Crippen molar-refractivity contribution in [1.82, 2.24) is 39.9 Å². The number of rotatable bonds is 12. The Balaban J connectivity index is 0.000000273. The minimum absolute atomic E-state index is 0. The molecule has 8 radical (unpaired) electrons. The van der Waals surface area contributed by atoms with Crippen molar-refractivity contribution in [3.63, 3.8) is 0 Å². The van der Waals surface area contributed by atoms with E-state index in [4.69, 9.17) is 0 Å². The summed E-state index contributed by atoms with van der Waals surface area (Å²) in [6.07, 6.45) is 14.6. The Morgan fingerprint density at radius 2 is 0.632 bits per heavy atom. The van der Waals surface area contributed by atoms with E-state index in [0.29, 0.717) is 0 Å². The van der Waals surface area contributed by atoms with Crippen LogP contribution in [0.5, 0.6) is 0 Å². The smallest absolute Gasteiger partial charge is 0.0239 e. The summed E-state index contributed by atoms with van der Waals surface area (Å²) in [4.78, 5) is 35.0. The second-order valence-corrected chi connectivity index (χ2v) is 30.6. The summed E-state index contributed by atoms with van der Waals surface area (Å²) in [5, 5.41) is 0. The van der Waals surface area contributed by atoms with Gasteiger partial charge in [0.15, 0.2) is 0 Å². The molecule has 0 fully saturated rings. The van der Waals surface area contributed by atoms with Gasteiger partial charge in [0, 0.05) is 210 Å². The summed E-state index contributed by atoms with van der Waals surface area (Å²) >= 11 is 0. The van der Waals surface area contributed by atoms with Crippen molar-refractivity contribution in [1.29, 1.82) is 0 Å².